The monoisotopic (exact) mass is 346 g/mol. The Kier molecular flexibility index (Phi) is 5.46. The molecule has 0 radical (unpaired) electrons. The number of carbonyl (C=O) groups excluding carboxylic acids is 2. The molecule has 2 amide bonds. The summed E-state index contributed by atoms with van der Waals surface area (Å²) in [6, 6.07) is 5.56. The van der Waals surface area contributed by atoms with Crippen LogP contribution in [0.2, 0.25) is 0 Å². The molecule has 1 aromatic carbocycles. The van der Waals surface area contributed by atoms with Crippen molar-refractivity contribution in [2.75, 3.05) is 27.3 Å². The molecule has 1 aliphatic heterocycles. The second kappa shape index (κ2) is 7.76. The number of methoxy groups -OCH3 is 2. The lowest BCUT2D eigenvalue weighted by Crippen LogP contribution is -2.43. The Bertz CT molecular complexity index is 634. The number of amides is 2. The number of piperidine rings is 1. The standard InChI is InChI=1S/C19H26N2O4/c1-24-16-6-5-15(17(11-16)25-2)12-20-18(22)13-7-9-21(10-8-13)19(23)14-3-4-14/h5-6,11,13-14H,3-4,7-10,12H2,1-2H3,(H,20,22). The van der Waals surface area contributed by atoms with Crippen molar-refractivity contribution >= 4 is 11.8 Å². The van der Waals surface area contributed by atoms with Gasteiger partial charge in [0.1, 0.15) is 11.5 Å². The van der Waals surface area contributed by atoms with Crippen molar-refractivity contribution in [2.24, 2.45) is 11.8 Å². The van der Waals surface area contributed by atoms with Gasteiger partial charge < -0.3 is 19.7 Å². The van der Waals surface area contributed by atoms with Crippen LogP contribution in [-0.2, 0) is 16.1 Å². The molecule has 136 valence electrons. The summed E-state index contributed by atoms with van der Waals surface area (Å²) in [4.78, 5) is 26.4. The first kappa shape index (κ1) is 17.6. The first-order chi connectivity index (χ1) is 12.1. The van der Waals surface area contributed by atoms with Crippen LogP contribution in [0.4, 0.5) is 0 Å². The molecule has 1 aliphatic carbocycles. The second-order valence-corrected chi connectivity index (χ2v) is 6.77. The average molecular weight is 346 g/mol. The number of rotatable bonds is 6. The molecule has 1 aromatic rings. The first-order valence-corrected chi connectivity index (χ1v) is 8.89. The predicted molar refractivity (Wildman–Crippen MR) is 93.4 cm³/mol. The first-order valence-electron chi connectivity index (χ1n) is 8.89. The SMILES string of the molecule is COc1ccc(CNC(=O)C2CCN(C(=O)C3CC3)CC2)c(OC)c1. The van der Waals surface area contributed by atoms with Crippen LogP contribution in [0, 0.1) is 11.8 Å². The Balaban J connectivity index is 1.49. The molecule has 2 aliphatic rings. The molecule has 0 aromatic heterocycles. The quantitative estimate of drug-likeness (QED) is 0.855. The maximum absolute atomic E-state index is 12.4. The Labute approximate surface area is 148 Å². The van der Waals surface area contributed by atoms with Crippen molar-refractivity contribution in [1.29, 1.82) is 0 Å². The zero-order valence-electron chi connectivity index (χ0n) is 14.9. The molecule has 2 fully saturated rings. The Morgan fingerprint density at radius 3 is 2.40 bits per heavy atom. The van der Waals surface area contributed by atoms with Crippen LogP contribution < -0.4 is 14.8 Å². The van der Waals surface area contributed by atoms with Gasteiger partial charge in [0.05, 0.1) is 14.2 Å². The highest BCUT2D eigenvalue weighted by atomic mass is 16.5. The van der Waals surface area contributed by atoms with E-state index in [2.05, 4.69) is 5.32 Å². The molecule has 6 heteroatoms. The second-order valence-electron chi connectivity index (χ2n) is 6.77. The van der Waals surface area contributed by atoms with E-state index in [1.165, 1.54) is 0 Å². The van der Waals surface area contributed by atoms with E-state index in [9.17, 15) is 9.59 Å². The van der Waals surface area contributed by atoms with Gasteiger partial charge >= 0.3 is 0 Å². The lowest BCUT2D eigenvalue weighted by atomic mass is 9.95. The van der Waals surface area contributed by atoms with Crippen LogP contribution in [-0.4, -0.2) is 44.0 Å². The van der Waals surface area contributed by atoms with E-state index in [1.807, 2.05) is 23.1 Å². The number of nitrogens with zero attached hydrogens (tertiary/aromatic N) is 1. The molecule has 1 saturated carbocycles. The minimum absolute atomic E-state index is 0.0208. The fourth-order valence-electron chi connectivity index (χ4n) is 3.28. The average Bonchev–Trinajstić information content (AvgIpc) is 3.50. The van der Waals surface area contributed by atoms with E-state index in [0.717, 1.165) is 37.0 Å². The summed E-state index contributed by atoms with van der Waals surface area (Å²) in [6.07, 6.45) is 3.54. The number of hydrogen-bond donors (Lipinski definition) is 1. The normalized spacial score (nSPS) is 17.9. The van der Waals surface area contributed by atoms with E-state index in [0.29, 0.717) is 25.4 Å². The van der Waals surface area contributed by atoms with Crippen molar-refractivity contribution in [3.05, 3.63) is 23.8 Å². The summed E-state index contributed by atoms with van der Waals surface area (Å²) in [6.45, 7) is 1.81. The van der Waals surface area contributed by atoms with E-state index in [1.54, 1.807) is 14.2 Å². The predicted octanol–water partition coefficient (Wildman–Crippen LogP) is 1.97. The molecule has 0 bridgehead atoms. The van der Waals surface area contributed by atoms with Crippen LogP contribution in [0.25, 0.3) is 0 Å². The smallest absolute Gasteiger partial charge is 0.225 e. The van der Waals surface area contributed by atoms with Gasteiger partial charge in [-0.1, -0.05) is 0 Å². The van der Waals surface area contributed by atoms with E-state index < -0.39 is 0 Å². The fourth-order valence-corrected chi connectivity index (χ4v) is 3.28. The Morgan fingerprint density at radius 1 is 1.08 bits per heavy atom. The van der Waals surface area contributed by atoms with Crippen LogP contribution in [0.15, 0.2) is 18.2 Å². The molecule has 0 atom stereocenters. The van der Waals surface area contributed by atoms with Crippen LogP contribution in [0.3, 0.4) is 0 Å². The van der Waals surface area contributed by atoms with Crippen molar-refractivity contribution in [1.82, 2.24) is 10.2 Å². The third-order valence-electron chi connectivity index (χ3n) is 5.05. The molecule has 0 unspecified atom stereocenters. The Hall–Kier alpha value is -2.24. The zero-order valence-corrected chi connectivity index (χ0v) is 14.9. The number of ether oxygens (including phenoxy) is 2. The van der Waals surface area contributed by atoms with Gasteiger partial charge in [-0.15, -0.1) is 0 Å². The van der Waals surface area contributed by atoms with Gasteiger partial charge in [-0.2, -0.15) is 0 Å². The largest absolute Gasteiger partial charge is 0.497 e. The molecular formula is C19H26N2O4. The van der Waals surface area contributed by atoms with Gasteiger partial charge in [0.2, 0.25) is 11.8 Å². The zero-order chi connectivity index (χ0) is 17.8. The highest BCUT2D eigenvalue weighted by molar-refractivity contribution is 5.82. The number of carbonyl (C=O) groups is 2. The van der Waals surface area contributed by atoms with Gasteiger partial charge in [0.15, 0.2) is 0 Å². The van der Waals surface area contributed by atoms with Crippen LogP contribution >= 0.6 is 0 Å². The molecule has 1 saturated heterocycles. The highest BCUT2D eigenvalue weighted by Crippen LogP contribution is 2.32. The van der Waals surface area contributed by atoms with Crippen molar-refractivity contribution < 1.29 is 19.1 Å². The van der Waals surface area contributed by atoms with Crippen LogP contribution in [0.5, 0.6) is 11.5 Å². The summed E-state index contributed by atoms with van der Waals surface area (Å²) in [5.41, 5.74) is 0.915. The summed E-state index contributed by atoms with van der Waals surface area (Å²) < 4.78 is 10.5. The van der Waals surface area contributed by atoms with Crippen molar-refractivity contribution in [3.8, 4) is 11.5 Å². The molecule has 6 nitrogen and oxygen atoms in total. The summed E-state index contributed by atoms with van der Waals surface area (Å²) >= 11 is 0. The van der Waals surface area contributed by atoms with Gasteiger partial charge in [0.25, 0.3) is 0 Å². The van der Waals surface area contributed by atoms with E-state index >= 15 is 0 Å². The minimum atomic E-state index is -0.0208. The number of likely N-dealkylation sites (tertiary alicyclic amines) is 1. The lowest BCUT2D eigenvalue weighted by molar-refractivity contribution is -0.136. The number of hydrogen-bond acceptors (Lipinski definition) is 4. The summed E-state index contributed by atoms with van der Waals surface area (Å²) in [7, 11) is 3.21. The summed E-state index contributed by atoms with van der Waals surface area (Å²) in [5.74, 6) is 1.99. The lowest BCUT2D eigenvalue weighted by Gasteiger charge is -2.31. The summed E-state index contributed by atoms with van der Waals surface area (Å²) in [5, 5.41) is 3.00. The molecule has 1 N–H and O–H groups in total. The van der Waals surface area contributed by atoms with E-state index in [-0.39, 0.29) is 23.7 Å². The maximum Gasteiger partial charge on any atom is 0.225 e. The third-order valence-corrected chi connectivity index (χ3v) is 5.05. The topological polar surface area (TPSA) is 67.9 Å². The maximum atomic E-state index is 12.4. The third kappa shape index (κ3) is 4.24. The van der Waals surface area contributed by atoms with Gasteiger partial charge in [-0.3, -0.25) is 9.59 Å². The van der Waals surface area contributed by atoms with Crippen molar-refractivity contribution in [2.45, 2.75) is 32.2 Å². The molecule has 0 spiro atoms. The van der Waals surface area contributed by atoms with Crippen LogP contribution in [0.1, 0.15) is 31.2 Å². The minimum Gasteiger partial charge on any atom is -0.497 e. The Morgan fingerprint density at radius 2 is 1.80 bits per heavy atom. The fraction of sp³-hybridized carbons (Fsp3) is 0.579. The number of nitrogens with one attached hydrogen (secondary N) is 1. The van der Waals surface area contributed by atoms with Gasteiger partial charge in [-0.05, 0) is 37.8 Å². The molecule has 3 rings (SSSR count). The van der Waals surface area contributed by atoms with Crippen molar-refractivity contribution in [3.63, 3.8) is 0 Å². The molecule has 1 heterocycles. The molecular weight excluding hydrogens is 320 g/mol. The van der Waals surface area contributed by atoms with Gasteiger partial charge in [-0.25, -0.2) is 0 Å². The highest BCUT2D eigenvalue weighted by Gasteiger charge is 2.35. The number of benzene rings is 1. The van der Waals surface area contributed by atoms with E-state index in [4.69, 9.17) is 9.47 Å². The van der Waals surface area contributed by atoms with Gasteiger partial charge in [0, 0.05) is 43.1 Å². The molecule has 25 heavy (non-hydrogen) atoms.